The van der Waals surface area contributed by atoms with Crippen LogP contribution < -0.4 is 0 Å². The molecular formula is C63H39N5. The van der Waals surface area contributed by atoms with E-state index in [0.29, 0.717) is 4.57 Å². The minimum absolute atomic E-state index is 0.296. The van der Waals surface area contributed by atoms with Gasteiger partial charge in [-0.15, -0.1) is 0 Å². The predicted octanol–water partition coefficient (Wildman–Crippen LogP) is 16.2. The molecule has 11 aromatic carbocycles. The van der Waals surface area contributed by atoms with Crippen LogP contribution >= 0.6 is 0 Å². The Morgan fingerprint density at radius 1 is 0.309 bits per heavy atom. The van der Waals surface area contributed by atoms with Crippen LogP contribution in [-0.4, -0.2) is 24.1 Å². The number of aromatic nitrogens is 5. The fourth-order valence-electron chi connectivity index (χ4n) is 8.41. The Bertz CT molecular complexity index is 6310. The summed E-state index contributed by atoms with van der Waals surface area (Å²) in [6.45, 7) is 0. The lowest BCUT2D eigenvalue weighted by Gasteiger charge is -2.16. The van der Waals surface area contributed by atoms with Crippen molar-refractivity contribution in [2.75, 3.05) is 0 Å². The van der Waals surface area contributed by atoms with Crippen LogP contribution in [0.25, 0.3) is 133 Å². The van der Waals surface area contributed by atoms with Gasteiger partial charge in [-0.3, -0.25) is 4.57 Å². The van der Waals surface area contributed by atoms with E-state index in [1.165, 1.54) is 0 Å². The number of para-hydroxylation sites is 4. The Morgan fingerprint density at radius 2 is 0.838 bits per heavy atom. The van der Waals surface area contributed by atoms with Gasteiger partial charge in [-0.1, -0.05) is 187 Å². The molecule has 5 heteroatoms. The molecule has 14 aromatic rings. The van der Waals surface area contributed by atoms with E-state index in [4.69, 9.17) is 36.9 Å². The largest absolute Gasteiger partial charge is 0.308 e. The summed E-state index contributed by atoms with van der Waals surface area (Å²) in [6, 6.07) is -28.2. The fourth-order valence-corrected chi connectivity index (χ4v) is 8.41. The number of nitrogens with zero attached hydrogens (tertiary/aromatic N) is 5. The Morgan fingerprint density at radius 3 is 1.51 bits per heavy atom. The Labute approximate surface area is 440 Å². The van der Waals surface area contributed by atoms with Crippen molar-refractivity contribution in [3.8, 4) is 56.7 Å². The number of benzene rings is 11. The first-order valence-electron chi connectivity index (χ1n) is 37.7. The van der Waals surface area contributed by atoms with Crippen molar-refractivity contribution >= 4 is 75.9 Å². The van der Waals surface area contributed by atoms with Crippen molar-refractivity contribution in [2.24, 2.45) is 0 Å². The second kappa shape index (κ2) is 15.2. The Balaban J connectivity index is 1.27. The summed E-state index contributed by atoms with van der Waals surface area (Å²) in [5, 5.41) is -5.78. The summed E-state index contributed by atoms with van der Waals surface area (Å²) in [4.78, 5) is 14.1. The van der Waals surface area contributed by atoms with Crippen LogP contribution in [0.5, 0.6) is 0 Å². The number of fused-ring (bicyclic) bond motifs is 12. The molecule has 0 aliphatic rings. The Kier molecular flexibility index (Phi) is 3.85. The smallest absolute Gasteiger partial charge is 0.238 e. The molecule has 0 aliphatic carbocycles. The van der Waals surface area contributed by atoms with E-state index in [2.05, 4.69) is 0 Å². The fraction of sp³-hybridized carbons (Fsp3) is 0. The molecule has 0 fully saturated rings. The lowest BCUT2D eigenvalue weighted by Crippen LogP contribution is -2.08. The van der Waals surface area contributed by atoms with Crippen LogP contribution in [0, 0.1) is 0 Å². The zero-order valence-electron chi connectivity index (χ0n) is 69.0. The average Bonchev–Trinajstić information content (AvgIpc) is 1.67. The number of hydrogen-bond donors (Lipinski definition) is 0. The van der Waals surface area contributed by atoms with Crippen molar-refractivity contribution < 1.29 is 48.0 Å². The highest BCUT2D eigenvalue weighted by molar-refractivity contribution is 6.26. The lowest BCUT2D eigenvalue weighted by molar-refractivity contribution is 0.952. The third-order valence-corrected chi connectivity index (χ3v) is 11.2. The number of hydrogen-bond acceptors (Lipinski definition) is 3. The molecular weight excluding hydrogens is 827 g/mol. The van der Waals surface area contributed by atoms with Gasteiger partial charge in [0, 0.05) is 32.7 Å². The zero-order chi connectivity index (χ0) is 75.2. The standard InChI is InChI=1S/C63H39N5/c1-3-19-40(20-4-1)43-38-53(41-21-5-2-6-22-41)60-51-29-13-17-33-57(51)67(59(60)39-43)58-34-18-14-30-52(58)62-64-61(65-63(66-62)68-55-31-15-11-27-49(55)50-28-12-16-32-56(50)68)42-35-36-48-46-25-8-7-23-44(46)45-24-9-10-26-47(45)54(48)37-42/h1-39H/i2D,3D,4D,5D,6D,7D,8D,9D,10D,11D,12D,13D,14D,15D,16D,17D,18D,21D,22D,23D,24D,25D,26D,27D,28D,29D,30D,31D,32D,33D,34D,36D,37D,38D,39D. The maximum absolute atomic E-state index is 10.3. The van der Waals surface area contributed by atoms with Crippen molar-refractivity contribution in [3.63, 3.8) is 0 Å². The van der Waals surface area contributed by atoms with Crippen LogP contribution in [0.1, 0.15) is 48.0 Å². The van der Waals surface area contributed by atoms with Crippen LogP contribution in [0.2, 0.25) is 0 Å². The van der Waals surface area contributed by atoms with E-state index in [1.54, 1.807) is 0 Å². The highest BCUT2D eigenvalue weighted by atomic mass is 15.2. The maximum atomic E-state index is 10.3. The molecule has 68 heavy (non-hydrogen) atoms. The second-order valence-corrected chi connectivity index (χ2v) is 14.9. The van der Waals surface area contributed by atoms with Gasteiger partial charge in [0.2, 0.25) is 5.95 Å². The summed E-state index contributed by atoms with van der Waals surface area (Å²) in [5.74, 6) is -3.01. The molecule has 0 atom stereocenters. The molecule has 0 saturated heterocycles. The minimum Gasteiger partial charge on any atom is -0.308 e. The molecule has 0 amide bonds. The topological polar surface area (TPSA) is 48.5 Å². The van der Waals surface area contributed by atoms with Crippen molar-refractivity contribution in [1.29, 1.82) is 0 Å². The molecule has 0 unspecified atom stereocenters. The molecule has 3 aromatic heterocycles. The van der Waals surface area contributed by atoms with Gasteiger partial charge in [0.1, 0.15) is 0 Å². The molecule has 0 spiro atoms. The third-order valence-electron chi connectivity index (χ3n) is 11.2. The normalized spacial score (nSPS) is 19.0. The second-order valence-electron chi connectivity index (χ2n) is 14.9. The van der Waals surface area contributed by atoms with E-state index in [0.717, 1.165) is 28.8 Å². The SMILES string of the molecule is [2H]c1cc([2H])cc(-c2c([2H])c(-c3c([2H])c([2H])c([2H])c([2H])c3[2H])c3c4c([2H])c([2H])c([2H])c([2H])c4n(-c4c([2H])c([2H])c([2H])c([2H])c4-c4nc(-c5cc([2H])c6c(c5[2H])c5c([2H])c([2H])c([2H])c([2H])c5c5c([2H])c([2H])c([2H])c([2H])c65)nc(-n5c6c([2H])c([2H])c([2H])c([2H])c6c6c([2H])c([2H])c([2H])c([2H])c65)n4)c3c2[2H])c1. The average molecular weight is 901 g/mol. The monoisotopic (exact) mass is 901 g/mol. The molecule has 316 valence electrons. The van der Waals surface area contributed by atoms with Gasteiger partial charge >= 0.3 is 0 Å². The van der Waals surface area contributed by atoms with E-state index in [9.17, 15) is 26.0 Å². The molecule has 0 bridgehead atoms. The summed E-state index contributed by atoms with van der Waals surface area (Å²) in [5.41, 5.74) is -8.15. The lowest BCUT2D eigenvalue weighted by atomic mass is 9.93. The van der Waals surface area contributed by atoms with Gasteiger partial charge in [0.25, 0.3) is 0 Å². The van der Waals surface area contributed by atoms with Crippen LogP contribution in [-0.2, 0) is 0 Å². The van der Waals surface area contributed by atoms with Gasteiger partial charge in [-0.25, -0.2) is 4.98 Å². The van der Waals surface area contributed by atoms with Crippen LogP contribution in [0.15, 0.2) is 236 Å². The van der Waals surface area contributed by atoms with Crippen molar-refractivity contribution in [1.82, 2.24) is 24.1 Å². The summed E-state index contributed by atoms with van der Waals surface area (Å²) in [6.07, 6.45) is 0. The van der Waals surface area contributed by atoms with Gasteiger partial charge in [-0.05, 0) is 103 Å². The molecule has 0 N–H and O–H groups in total. The maximum Gasteiger partial charge on any atom is 0.238 e. The van der Waals surface area contributed by atoms with E-state index < -0.39 is 326 Å². The molecule has 14 rings (SSSR count). The molecule has 0 saturated carbocycles. The highest BCUT2D eigenvalue weighted by Crippen LogP contribution is 2.44. The Hall–Kier alpha value is -9.19. The van der Waals surface area contributed by atoms with Gasteiger partial charge in [0.15, 0.2) is 11.6 Å². The molecule has 3 heterocycles. The minimum atomic E-state index is -1.19. The first-order chi connectivity index (χ1) is 48.3. The zero-order valence-corrected chi connectivity index (χ0v) is 34.0. The summed E-state index contributed by atoms with van der Waals surface area (Å²) in [7, 11) is 0. The summed E-state index contributed by atoms with van der Waals surface area (Å²) >= 11 is 0. The first kappa shape index (κ1) is 17.2. The van der Waals surface area contributed by atoms with E-state index >= 15 is 0 Å². The quantitative estimate of drug-likeness (QED) is 0.156. The molecule has 5 nitrogen and oxygen atoms in total. The number of rotatable bonds is 6. The third kappa shape index (κ3) is 5.86. The highest BCUT2D eigenvalue weighted by Gasteiger charge is 2.23. The van der Waals surface area contributed by atoms with E-state index in [1.807, 2.05) is 0 Å². The van der Waals surface area contributed by atoms with Gasteiger partial charge in [0.05, 0.1) is 75.7 Å². The van der Waals surface area contributed by atoms with Crippen LogP contribution in [0.3, 0.4) is 0 Å². The first-order valence-corrected chi connectivity index (χ1v) is 20.2. The van der Waals surface area contributed by atoms with Crippen molar-refractivity contribution in [2.45, 2.75) is 0 Å². The van der Waals surface area contributed by atoms with Crippen LogP contribution in [0.4, 0.5) is 0 Å². The summed E-state index contributed by atoms with van der Waals surface area (Å²) < 4.78 is 325. The van der Waals surface area contributed by atoms with Gasteiger partial charge < -0.3 is 4.57 Å². The molecule has 0 radical (unpaired) electrons. The van der Waals surface area contributed by atoms with Gasteiger partial charge in [-0.2, -0.15) is 9.97 Å². The van der Waals surface area contributed by atoms with E-state index in [-0.39, 0.29) is 17.6 Å². The molecule has 0 aliphatic heterocycles. The predicted molar refractivity (Wildman–Crippen MR) is 283 cm³/mol. The van der Waals surface area contributed by atoms with Crippen molar-refractivity contribution in [3.05, 3.63) is 236 Å².